The second kappa shape index (κ2) is 6.62. The van der Waals surface area contributed by atoms with Crippen LogP contribution in [0.2, 0.25) is 0 Å². The van der Waals surface area contributed by atoms with E-state index in [0.29, 0.717) is 11.3 Å². The fourth-order valence-corrected chi connectivity index (χ4v) is 2.49. The first-order valence-corrected chi connectivity index (χ1v) is 7.50. The third-order valence-corrected chi connectivity index (χ3v) is 3.82. The van der Waals surface area contributed by atoms with Gasteiger partial charge in [0.2, 0.25) is 5.88 Å². The number of hydrogen-bond donors (Lipinski definition) is 0. The van der Waals surface area contributed by atoms with E-state index >= 15 is 0 Å². The molecule has 3 rings (SSSR count). The number of ether oxygens (including phenoxy) is 2. The zero-order chi connectivity index (χ0) is 18.0. The van der Waals surface area contributed by atoms with E-state index in [1.54, 1.807) is 24.3 Å². The molecule has 1 aliphatic heterocycles. The molecule has 0 atom stereocenters. The molecular formula is C17H15F3N2O3. The Balaban J connectivity index is 1.61. The van der Waals surface area contributed by atoms with Crippen LogP contribution in [0.25, 0.3) is 0 Å². The number of rotatable bonds is 4. The summed E-state index contributed by atoms with van der Waals surface area (Å²) in [5, 5.41) is 0. The summed E-state index contributed by atoms with van der Waals surface area (Å²) < 4.78 is 48.6. The van der Waals surface area contributed by atoms with Crippen molar-refractivity contribution in [2.45, 2.75) is 12.3 Å². The minimum atomic E-state index is -4.45. The molecule has 2 aromatic rings. The predicted octanol–water partition coefficient (Wildman–Crippen LogP) is 3.01. The number of pyridine rings is 1. The Hall–Kier alpha value is -2.77. The average molecular weight is 352 g/mol. The zero-order valence-electron chi connectivity index (χ0n) is 13.3. The summed E-state index contributed by atoms with van der Waals surface area (Å²) in [6.07, 6.45) is -3.80. The van der Waals surface area contributed by atoms with Gasteiger partial charge in [0.05, 0.1) is 31.3 Å². The van der Waals surface area contributed by atoms with Gasteiger partial charge in [0, 0.05) is 12.3 Å². The lowest BCUT2D eigenvalue weighted by Crippen LogP contribution is -2.56. The lowest BCUT2D eigenvalue weighted by Gasteiger charge is -2.38. The van der Waals surface area contributed by atoms with E-state index in [9.17, 15) is 18.0 Å². The molecule has 2 heterocycles. The Labute approximate surface area is 142 Å². The summed E-state index contributed by atoms with van der Waals surface area (Å²) in [6, 6.07) is 8.57. The maximum absolute atomic E-state index is 12.7. The van der Waals surface area contributed by atoms with Crippen LogP contribution in [0.4, 0.5) is 13.2 Å². The van der Waals surface area contributed by atoms with E-state index in [-0.39, 0.29) is 24.9 Å². The van der Waals surface area contributed by atoms with E-state index in [1.165, 1.54) is 12.0 Å². The summed E-state index contributed by atoms with van der Waals surface area (Å²) in [5.41, 5.74) is -0.389. The fraction of sp³-hybridized carbons (Fsp3) is 0.294. The van der Waals surface area contributed by atoms with Gasteiger partial charge in [-0.1, -0.05) is 12.1 Å². The molecular weight excluding hydrogens is 337 g/mol. The molecule has 1 amide bonds. The van der Waals surface area contributed by atoms with Crippen molar-refractivity contribution < 1.29 is 27.4 Å². The van der Waals surface area contributed by atoms with Crippen LogP contribution >= 0.6 is 0 Å². The summed E-state index contributed by atoms with van der Waals surface area (Å²) in [5.74, 6) is 0.148. The van der Waals surface area contributed by atoms with Crippen LogP contribution in [-0.2, 0) is 6.18 Å². The van der Waals surface area contributed by atoms with E-state index < -0.39 is 17.8 Å². The van der Waals surface area contributed by atoms with Crippen LogP contribution in [0.3, 0.4) is 0 Å². The number of aromatic nitrogens is 1. The van der Waals surface area contributed by atoms with Gasteiger partial charge in [-0.2, -0.15) is 13.2 Å². The van der Waals surface area contributed by atoms with Gasteiger partial charge in [0.1, 0.15) is 11.9 Å². The van der Waals surface area contributed by atoms with Crippen LogP contribution in [0, 0.1) is 0 Å². The number of hydrogen-bond acceptors (Lipinski definition) is 4. The number of nitrogens with zero attached hydrogens (tertiary/aromatic N) is 2. The third kappa shape index (κ3) is 3.67. The van der Waals surface area contributed by atoms with Gasteiger partial charge >= 0.3 is 6.18 Å². The number of carbonyl (C=O) groups excluding carboxylic acids is 1. The average Bonchev–Trinajstić information content (AvgIpc) is 2.56. The van der Waals surface area contributed by atoms with Crippen LogP contribution in [-0.4, -0.2) is 42.1 Å². The van der Waals surface area contributed by atoms with Crippen molar-refractivity contribution >= 4 is 5.91 Å². The number of carbonyl (C=O) groups is 1. The molecule has 0 bridgehead atoms. The first kappa shape index (κ1) is 17.1. The van der Waals surface area contributed by atoms with Crippen molar-refractivity contribution in [1.82, 2.24) is 9.88 Å². The molecule has 8 heteroatoms. The quantitative estimate of drug-likeness (QED) is 0.849. The summed E-state index contributed by atoms with van der Waals surface area (Å²) >= 11 is 0. The molecule has 5 nitrogen and oxygen atoms in total. The highest BCUT2D eigenvalue weighted by Crippen LogP contribution is 2.31. The molecule has 0 saturated carbocycles. The number of methoxy groups -OCH3 is 1. The van der Waals surface area contributed by atoms with E-state index in [2.05, 4.69) is 4.98 Å². The van der Waals surface area contributed by atoms with Crippen LogP contribution < -0.4 is 9.47 Å². The molecule has 0 radical (unpaired) electrons. The Morgan fingerprint density at radius 2 is 1.96 bits per heavy atom. The van der Waals surface area contributed by atoms with Gasteiger partial charge in [-0.3, -0.25) is 4.79 Å². The monoisotopic (exact) mass is 352 g/mol. The normalized spacial score (nSPS) is 14.8. The largest absolute Gasteiger partial charge is 0.496 e. The van der Waals surface area contributed by atoms with Crippen molar-refractivity contribution in [2.75, 3.05) is 20.2 Å². The lowest BCUT2D eigenvalue weighted by atomic mass is 10.1. The Bertz CT molecular complexity index is 774. The number of benzene rings is 1. The second-order valence-electron chi connectivity index (χ2n) is 5.53. The lowest BCUT2D eigenvalue weighted by molar-refractivity contribution is -0.137. The highest BCUT2D eigenvalue weighted by Gasteiger charge is 2.35. The summed E-state index contributed by atoms with van der Waals surface area (Å²) in [4.78, 5) is 17.7. The topological polar surface area (TPSA) is 51.7 Å². The maximum Gasteiger partial charge on any atom is 0.416 e. The fourth-order valence-electron chi connectivity index (χ4n) is 2.49. The van der Waals surface area contributed by atoms with Crippen LogP contribution in [0.1, 0.15) is 15.9 Å². The molecule has 1 aromatic heterocycles. The smallest absolute Gasteiger partial charge is 0.416 e. The molecule has 1 aromatic carbocycles. The van der Waals surface area contributed by atoms with Gasteiger partial charge < -0.3 is 14.4 Å². The number of halogens is 3. The van der Waals surface area contributed by atoms with E-state index in [1.807, 2.05) is 0 Å². The van der Waals surface area contributed by atoms with Crippen molar-refractivity contribution in [3.8, 4) is 11.6 Å². The van der Waals surface area contributed by atoms with E-state index in [0.717, 1.165) is 18.3 Å². The van der Waals surface area contributed by atoms with Gasteiger partial charge in [0.25, 0.3) is 5.91 Å². The highest BCUT2D eigenvalue weighted by atomic mass is 19.4. The SMILES string of the molecule is COc1ccccc1C(=O)N1CC(Oc2cc(C(F)(F)F)ccn2)C1. The number of amides is 1. The zero-order valence-corrected chi connectivity index (χ0v) is 13.3. The molecule has 0 unspecified atom stereocenters. The maximum atomic E-state index is 12.7. The van der Waals surface area contributed by atoms with Gasteiger partial charge in [-0.15, -0.1) is 0 Å². The molecule has 25 heavy (non-hydrogen) atoms. The summed E-state index contributed by atoms with van der Waals surface area (Å²) in [7, 11) is 1.48. The Morgan fingerprint density at radius 1 is 1.24 bits per heavy atom. The van der Waals surface area contributed by atoms with Crippen molar-refractivity contribution in [3.05, 3.63) is 53.7 Å². The summed E-state index contributed by atoms with van der Waals surface area (Å²) in [6.45, 7) is 0.545. The minimum Gasteiger partial charge on any atom is -0.496 e. The van der Waals surface area contributed by atoms with Crippen molar-refractivity contribution in [3.63, 3.8) is 0 Å². The Morgan fingerprint density at radius 3 is 2.64 bits per heavy atom. The van der Waals surface area contributed by atoms with Crippen molar-refractivity contribution in [1.29, 1.82) is 0 Å². The number of likely N-dealkylation sites (tertiary alicyclic amines) is 1. The van der Waals surface area contributed by atoms with Gasteiger partial charge in [0.15, 0.2) is 0 Å². The predicted molar refractivity (Wildman–Crippen MR) is 82.6 cm³/mol. The minimum absolute atomic E-state index is 0.107. The van der Waals surface area contributed by atoms with E-state index in [4.69, 9.17) is 9.47 Å². The molecule has 1 fully saturated rings. The van der Waals surface area contributed by atoms with Gasteiger partial charge in [-0.25, -0.2) is 4.98 Å². The second-order valence-corrected chi connectivity index (χ2v) is 5.53. The molecule has 0 N–H and O–H groups in total. The van der Waals surface area contributed by atoms with Crippen LogP contribution in [0.15, 0.2) is 42.6 Å². The number of para-hydroxylation sites is 1. The molecule has 1 aliphatic rings. The molecule has 0 spiro atoms. The van der Waals surface area contributed by atoms with Gasteiger partial charge in [-0.05, 0) is 18.2 Å². The third-order valence-electron chi connectivity index (χ3n) is 3.82. The van der Waals surface area contributed by atoms with Crippen molar-refractivity contribution in [2.24, 2.45) is 0 Å². The molecule has 132 valence electrons. The first-order valence-electron chi connectivity index (χ1n) is 7.50. The highest BCUT2D eigenvalue weighted by molar-refractivity contribution is 5.97. The van der Waals surface area contributed by atoms with Crippen LogP contribution in [0.5, 0.6) is 11.6 Å². The number of alkyl halides is 3. The Kier molecular flexibility index (Phi) is 4.52. The first-order chi connectivity index (χ1) is 11.9. The molecule has 1 saturated heterocycles. The standard InChI is InChI=1S/C17H15F3N2O3/c1-24-14-5-3-2-4-13(14)16(23)22-9-12(10-22)25-15-8-11(6-7-21-15)17(18,19)20/h2-8,12H,9-10H2,1H3. The molecule has 0 aliphatic carbocycles.